The topological polar surface area (TPSA) is 38.3 Å². The number of amides is 1. The van der Waals surface area contributed by atoms with Gasteiger partial charge in [-0.1, -0.05) is 12.1 Å². The predicted molar refractivity (Wildman–Crippen MR) is 73.2 cm³/mol. The van der Waals surface area contributed by atoms with Gasteiger partial charge in [-0.25, -0.2) is 0 Å². The predicted octanol–water partition coefficient (Wildman–Crippen LogP) is 3.25. The molecule has 2 aromatic rings. The van der Waals surface area contributed by atoms with E-state index in [9.17, 15) is 4.79 Å². The summed E-state index contributed by atoms with van der Waals surface area (Å²) in [5.41, 5.74) is 1.76. The molecule has 4 heteroatoms. The fraction of sp³-hybridized carbons (Fsp3) is 0.214. The molecule has 1 aromatic heterocycles. The van der Waals surface area contributed by atoms with Gasteiger partial charge in [0.2, 0.25) is 0 Å². The van der Waals surface area contributed by atoms with Gasteiger partial charge in [0.05, 0.1) is 18.7 Å². The number of carbonyl (C=O) groups is 1. The lowest BCUT2D eigenvalue weighted by Crippen LogP contribution is -2.26. The zero-order chi connectivity index (χ0) is 13.0. The zero-order valence-electron chi connectivity index (χ0n) is 10.3. The van der Waals surface area contributed by atoms with Crippen molar-refractivity contribution in [3.63, 3.8) is 0 Å². The summed E-state index contributed by atoms with van der Waals surface area (Å²) < 4.78 is 5.10. The second-order valence-corrected chi connectivity index (χ2v) is 4.76. The molecule has 3 nitrogen and oxygen atoms in total. The van der Waals surface area contributed by atoms with Crippen LogP contribution in [0.15, 0.2) is 41.1 Å². The Bertz CT molecular complexity index is 505. The summed E-state index contributed by atoms with van der Waals surface area (Å²) in [4.78, 5) is 11.9. The quantitative estimate of drug-likeness (QED) is 0.917. The first-order valence-corrected chi connectivity index (χ1v) is 6.62. The molecule has 0 unspecified atom stereocenters. The molecule has 0 spiro atoms. The van der Waals surface area contributed by atoms with E-state index >= 15 is 0 Å². The normalized spacial score (nSPS) is 11.9. The van der Waals surface area contributed by atoms with Gasteiger partial charge in [-0.05, 0) is 36.1 Å². The number of carbonyl (C=O) groups excluding carboxylic acids is 1. The molecule has 0 aliphatic heterocycles. The van der Waals surface area contributed by atoms with Crippen molar-refractivity contribution in [3.05, 3.63) is 52.2 Å². The summed E-state index contributed by atoms with van der Waals surface area (Å²) in [5, 5.41) is 6.70. The Morgan fingerprint density at radius 1 is 1.28 bits per heavy atom. The standard InChI is InChI=1S/C14H15NO2S/c1-10(11-3-5-13(17-2)6-4-11)15-14(16)12-7-8-18-9-12/h3-10H,1-2H3,(H,15,16)/t10-/m1/s1. The minimum absolute atomic E-state index is 0.0247. The minimum Gasteiger partial charge on any atom is -0.497 e. The molecular weight excluding hydrogens is 246 g/mol. The largest absolute Gasteiger partial charge is 0.497 e. The highest BCUT2D eigenvalue weighted by molar-refractivity contribution is 7.08. The first-order valence-electron chi connectivity index (χ1n) is 5.67. The van der Waals surface area contributed by atoms with Gasteiger partial charge in [0.1, 0.15) is 5.75 Å². The summed E-state index contributed by atoms with van der Waals surface area (Å²) in [6.45, 7) is 1.96. The van der Waals surface area contributed by atoms with E-state index in [-0.39, 0.29) is 11.9 Å². The molecule has 94 valence electrons. The van der Waals surface area contributed by atoms with Crippen LogP contribution in [0.4, 0.5) is 0 Å². The number of methoxy groups -OCH3 is 1. The van der Waals surface area contributed by atoms with Crippen molar-refractivity contribution in [1.82, 2.24) is 5.32 Å². The van der Waals surface area contributed by atoms with Gasteiger partial charge in [-0.2, -0.15) is 11.3 Å². The summed E-state index contributed by atoms with van der Waals surface area (Å²) >= 11 is 1.52. The molecule has 0 saturated carbocycles. The monoisotopic (exact) mass is 261 g/mol. The Labute approximate surface area is 110 Å². The molecule has 1 atom stereocenters. The van der Waals surface area contributed by atoms with Crippen molar-refractivity contribution in [2.45, 2.75) is 13.0 Å². The number of benzene rings is 1. The zero-order valence-corrected chi connectivity index (χ0v) is 11.2. The lowest BCUT2D eigenvalue weighted by molar-refractivity contribution is 0.0940. The number of hydrogen-bond acceptors (Lipinski definition) is 3. The molecule has 2 rings (SSSR count). The third kappa shape index (κ3) is 2.90. The number of hydrogen-bond donors (Lipinski definition) is 1. The van der Waals surface area contributed by atoms with Crippen molar-refractivity contribution in [3.8, 4) is 5.75 Å². The Morgan fingerprint density at radius 3 is 2.56 bits per heavy atom. The first kappa shape index (κ1) is 12.6. The van der Waals surface area contributed by atoms with E-state index in [1.54, 1.807) is 7.11 Å². The van der Waals surface area contributed by atoms with Crippen LogP contribution >= 0.6 is 11.3 Å². The maximum atomic E-state index is 11.9. The third-order valence-corrected chi connectivity index (χ3v) is 3.43. The molecule has 1 heterocycles. The van der Waals surface area contributed by atoms with Gasteiger partial charge < -0.3 is 10.1 Å². The van der Waals surface area contributed by atoms with Crippen molar-refractivity contribution in [1.29, 1.82) is 0 Å². The van der Waals surface area contributed by atoms with Crippen LogP contribution in [-0.4, -0.2) is 13.0 Å². The summed E-state index contributed by atoms with van der Waals surface area (Å²) in [6.07, 6.45) is 0. The van der Waals surface area contributed by atoms with Crippen LogP contribution in [0.2, 0.25) is 0 Å². The fourth-order valence-electron chi connectivity index (χ4n) is 1.65. The number of thiophene rings is 1. The molecule has 0 saturated heterocycles. The van der Waals surface area contributed by atoms with Crippen molar-refractivity contribution < 1.29 is 9.53 Å². The van der Waals surface area contributed by atoms with E-state index in [1.165, 1.54) is 11.3 Å². The van der Waals surface area contributed by atoms with Crippen LogP contribution in [-0.2, 0) is 0 Å². The molecule has 0 bridgehead atoms. The van der Waals surface area contributed by atoms with E-state index in [1.807, 2.05) is 48.0 Å². The van der Waals surface area contributed by atoms with Gasteiger partial charge in [0, 0.05) is 5.38 Å². The van der Waals surface area contributed by atoms with Crippen LogP contribution in [0.3, 0.4) is 0 Å². The van der Waals surface area contributed by atoms with Gasteiger partial charge >= 0.3 is 0 Å². The highest BCUT2D eigenvalue weighted by Gasteiger charge is 2.11. The highest BCUT2D eigenvalue weighted by atomic mass is 32.1. The SMILES string of the molecule is COc1ccc([C@@H](C)NC(=O)c2ccsc2)cc1. The van der Waals surface area contributed by atoms with Crippen molar-refractivity contribution >= 4 is 17.2 Å². The third-order valence-electron chi connectivity index (χ3n) is 2.75. The fourth-order valence-corrected chi connectivity index (χ4v) is 2.29. The van der Waals surface area contributed by atoms with Crippen LogP contribution < -0.4 is 10.1 Å². The summed E-state index contributed by atoms with van der Waals surface area (Å²) in [7, 11) is 1.64. The van der Waals surface area contributed by atoms with Crippen molar-refractivity contribution in [2.75, 3.05) is 7.11 Å². The van der Waals surface area contributed by atoms with Crippen LogP contribution in [0.5, 0.6) is 5.75 Å². The highest BCUT2D eigenvalue weighted by Crippen LogP contribution is 2.18. The maximum Gasteiger partial charge on any atom is 0.252 e. The number of rotatable bonds is 4. The number of nitrogens with one attached hydrogen (secondary N) is 1. The molecular formula is C14H15NO2S. The molecule has 1 aromatic carbocycles. The van der Waals surface area contributed by atoms with Crippen molar-refractivity contribution in [2.24, 2.45) is 0 Å². The minimum atomic E-state index is -0.0421. The molecule has 0 aliphatic carbocycles. The van der Waals surface area contributed by atoms with Crippen LogP contribution in [0.1, 0.15) is 28.9 Å². The molecule has 0 aliphatic rings. The molecule has 18 heavy (non-hydrogen) atoms. The maximum absolute atomic E-state index is 11.9. The van der Waals surface area contributed by atoms with Gasteiger partial charge in [-0.15, -0.1) is 0 Å². The Kier molecular flexibility index (Phi) is 3.99. The Morgan fingerprint density at radius 2 is 2.00 bits per heavy atom. The Balaban J connectivity index is 2.02. The van der Waals surface area contributed by atoms with Gasteiger partial charge in [-0.3, -0.25) is 4.79 Å². The molecule has 1 amide bonds. The van der Waals surface area contributed by atoms with E-state index < -0.39 is 0 Å². The lowest BCUT2D eigenvalue weighted by Gasteiger charge is -2.14. The van der Waals surface area contributed by atoms with Gasteiger partial charge in [0.25, 0.3) is 5.91 Å². The smallest absolute Gasteiger partial charge is 0.252 e. The van der Waals surface area contributed by atoms with Gasteiger partial charge in [0.15, 0.2) is 0 Å². The van der Waals surface area contributed by atoms with Crippen LogP contribution in [0.25, 0.3) is 0 Å². The number of ether oxygens (including phenoxy) is 1. The molecule has 1 N–H and O–H groups in total. The molecule has 0 fully saturated rings. The second kappa shape index (κ2) is 5.69. The van der Waals surface area contributed by atoms with E-state index in [4.69, 9.17) is 4.74 Å². The Hall–Kier alpha value is -1.81. The summed E-state index contributed by atoms with van der Waals surface area (Å²) in [6, 6.07) is 9.49. The van der Waals surface area contributed by atoms with Crippen LogP contribution in [0, 0.1) is 0 Å². The van der Waals surface area contributed by atoms with E-state index in [0.717, 1.165) is 11.3 Å². The summed E-state index contributed by atoms with van der Waals surface area (Å²) in [5.74, 6) is 0.773. The van der Waals surface area contributed by atoms with E-state index in [0.29, 0.717) is 5.56 Å². The average molecular weight is 261 g/mol. The molecule has 0 radical (unpaired) electrons. The second-order valence-electron chi connectivity index (χ2n) is 3.98. The lowest BCUT2D eigenvalue weighted by atomic mass is 10.1. The first-order chi connectivity index (χ1) is 8.70. The van der Waals surface area contributed by atoms with E-state index in [2.05, 4.69) is 5.32 Å². The average Bonchev–Trinajstić information content (AvgIpc) is 2.92.